The highest BCUT2D eigenvalue weighted by Gasteiger charge is 2.27. The first-order chi connectivity index (χ1) is 11.5. The van der Waals surface area contributed by atoms with Crippen molar-refractivity contribution < 1.29 is 9.90 Å². The number of rotatable bonds is 7. The van der Waals surface area contributed by atoms with E-state index < -0.39 is 0 Å². The number of nitrogens with zero attached hydrogens (tertiary/aromatic N) is 2. The van der Waals surface area contributed by atoms with Crippen molar-refractivity contribution in [2.45, 2.75) is 37.8 Å². The maximum atomic E-state index is 12.3. The van der Waals surface area contributed by atoms with Gasteiger partial charge in [0.2, 0.25) is 0 Å². The van der Waals surface area contributed by atoms with Crippen molar-refractivity contribution in [1.82, 2.24) is 15.1 Å². The third-order valence-corrected chi connectivity index (χ3v) is 5.01. The van der Waals surface area contributed by atoms with Gasteiger partial charge < -0.3 is 20.2 Å². The summed E-state index contributed by atoms with van der Waals surface area (Å²) in [6, 6.07) is 10.5. The highest BCUT2D eigenvalue weighted by atomic mass is 16.3. The Bertz CT molecular complexity index is 507. The third kappa shape index (κ3) is 5.49. The van der Waals surface area contributed by atoms with Gasteiger partial charge in [-0.1, -0.05) is 36.8 Å². The SMILES string of the molecule is CN(CC1CCCC1O)C(=O)NCC(Cc1ccccc1)N(C)C. The molecule has 0 aromatic heterocycles. The Morgan fingerprint density at radius 1 is 1.25 bits per heavy atom. The van der Waals surface area contributed by atoms with Crippen LogP contribution in [0.5, 0.6) is 0 Å². The number of likely N-dealkylation sites (N-methyl/N-ethyl adjacent to an activating group) is 1. The molecule has 1 aromatic carbocycles. The van der Waals surface area contributed by atoms with E-state index in [0.717, 1.165) is 25.7 Å². The standard InChI is InChI=1S/C19H31N3O2/c1-21(2)17(12-15-8-5-4-6-9-15)13-20-19(24)22(3)14-16-10-7-11-18(16)23/h4-6,8-9,16-18,23H,7,10-14H2,1-3H3,(H,20,24). The van der Waals surface area contributed by atoms with Gasteiger partial charge in [-0.15, -0.1) is 0 Å². The fourth-order valence-electron chi connectivity index (χ4n) is 3.33. The minimum absolute atomic E-state index is 0.0611. The van der Waals surface area contributed by atoms with Crippen molar-refractivity contribution in [2.75, 3.05) is 34.2 Å². The number of hydrogen-bond acceptors (Lipinski definition) is 3. The van der Waals surface area contributed by atoms with Crippen LogP contribution in [-0.2, 0) is 6.42 Å². The van der Waals surface area contributed by atoms with Crippen LogP contribution in [-0.4, -0.2) is 67.3 Å². The second-order valence-electron chi connectivity index (χ2n) is 7.13. The van der Waals surface area contributed by atoms with E-state index in [2.05, 4.69) is 22.3 Å². The highest BCUT2D eigenvalue weighted by Crippen LogP contribution is 2.25. The summed E-state index contributed by atoms with van der Waals surface area (Å²) in [4.78, 5) is 16.2. The lowest BCUT2D eigenvalue weighted by Gasteiger charge is -2.27. The molecule has 1 fully saturated rings. The molecule has 0 bridgehead atoms. The fourth-order valence-corrected chi connectivity index (χ4v) is 3.33. The van der Waals surface area contributed by atoms with E-state index in [4.69, 9.17) is 0 Å². The zero-order valence-electron chi connectivity index (χ0n) is 15.1. The van der Waals surface area contributed by atoms with E-state index in [1.807, 2.05) is 39.3 Å². The van der Waals surface area contributed by atoms with Gasteiger partial charge >= 0.3 is 6.03 Å². The van der Waals surface area contributed by atoms with E-state index >= 15 is 0 Å². The van der Waals surface area contributed by atoms with Crippen molar-refractivity contribution in [3.63, 3.8) is 0 Å². The summed E-state index contributed by atoms with van der Waals surface area (Å²) in [5.41, 5.74) is 1.27. The van der Waals surface area contributed by atoms with Crippen LogP contribution in [0, 0.1) is 5.92 Å². The Kier molecular flexibility index (Phi) is 7.06. The topological polar surface area (TPSA) is 55.8 Å². The number of hydrogen-bond donors (Lipinski definition) is 2. The van der Waals surface area contributed by atoms with Crippen LogP contribution in [0.1, 0.15) is 24.8 Å². The number of urea groups is 1. The molecule has 3 atom stereocenters. The summed E-state index contributed by atoms with van der Waals surface area (Å²) in [5, 5.41) is 12.9. The van der Waals surface area contributed by atoms with E-state index in [9.17, 15) is 9.90 Å². The Balaban J connectivity index is 1.81. The zero-order chi connectivity index (χ0) is 17.5. The summed E-state index contributed by atoms with van der Waals surface area (Å²) < 4.78 is 0. The van der Waals surface area contributed by atoms with Crippen LogP contribution in [0.15, 0.2) is 30.3 Å². The number of nitrogens with one attached hydrogen (secondary N) is 1. The summed E-state index contributed by atoms with van der Waals surface area (Å²) in [6.07, 6.45) is 3.57. The van der Waals surface area contributed by atoms with Crippen LogP contribution in [0.25, 0.3) is 0 Å². The average molecular weight is 333 g/mol. The molecule has 3 unspecified atom stereocenters. The zero-order valence-corrected chi connectivity index (χ0v) is 15.1. The molecule has 2 rings (SSSR count). The molecule has 2 N–H and O–H groups in total. The molecule has 1 aliphatic rings. The van der Waals surface area contributed by atoms with Gasteiger partial charge in [0.25, 0.3) is 0 Å². The average Bonchev–Trinajstić information content (AvgIpc) is 2.96. The van der Waals surface area contributed by atoms with Gasteiger partial charge in [-0.25, -0.2) is 4.79 Å². The quantitative estimate of drug-likeness (QED) is 0.802. The first-order valence-electron chi connectivity index (χ1n) is 8.84. The molecule has 0 aliphatic heterocycles. The van der Waals surface area contributed by atoms with Gasteiger partial charge in [0.05, 0.1) is 6.10 Å². The number of aliphatic hydroxyl groups is 1. The Morgan fingerprint density at radius 2 is 1.96 bits per heavy atom. The molecule has 1 saturated carbocycles. The molecule has 1 aromatic rings. The molecule has 0 heterocycles. The first kappa shape index (κ1) is 18.7. The van der Waals surface area contributed by atoms with Gasteiger partial charge in [-0.2, -0.15) is 0 Å². The van der Waals surface area contributed by atoms with E-state index in [-0.39, 0.29) is 24.1 Å². The molecule has 2 amide bonds. The van der Waals surface area contributed by atoms with Gasteiger partial charge in [-0.3, -0.25) is 0 Å². The monoisotopic (exact) mass is 333 g/mol. The lowest BCUT2D eigenvalue weighted by Crippen LogP contribution is -2.47. The number of carbonyl (C=O) groups excluding carboxylic acids is 1. The molecule has 0 radical (unpaired) electrons. The number of aliphatic hydroxyl groups excluding tert-OH is 1. The second-order valence-corrected chi connectivity index (χ2v) is 7.13. The number of amides is 2. The first-order valence-corrected chi connectivity index (χ1v) is 8.84. The molecule has 0 spiro atoms. The molecule has 134 valence electrons. The van der Waals surface area contributed by atoms with Gasteiger partial charge in [0.1, 0.15) is 0 Å². The summed E-state index contributed by atoms with van der Waals surface area (Å²) in [5.74, 6) is 0.217. The molecule has 1 aliphatic carbocycles. The maximum absolute atomic E-state index is 12.3. The third-order valence-electron chi connectivity index (χ3n) is 5.01. The Hall–Kier alpha value is -1.59. The predicted octanol–water partition coefficient (Wildman–Crippen LogP) is 1.96. The predicted molar refractivity (Wildman–Crippen MR) is 97.0 cm³/mol. The normalized spacial score (nSPS) is 21.7. The molecule has 24 heavy (non-hydrogen) atoms. The highest BCUT2D eigenvalue weighted by molar-refractivity contribution is 5.73. The van der Waals surface area contributed by atoms with E-state index in [0.29, 0.717) is 13.1 Å². The van der Waals surface area contributed by atoms with Crippen LogP contribution in [0.4, 0.5) is 4.79 Å². The maximum Gasteiger partial charge on any atom is 0.317 e. The summed E-state index contributed by atoms with van der Waals surface area (Å²) >= 11 is 0. The van der Waals surface area contributed by atoms with Gasteiger partial charge in [0, 0.05) is 32.1 Å². The van der Waals surface area contributed by atoms with Crippen molar-refractivity contribution in [3.05, 3.63) is 35.9 Å². The number of benzene rings is 1. The van der Waals surface area contributed by atoms with Crippen molar-refractivity contribution in [2.24, 2.45) is 5.92 Å². The smallest absolute Gasteiger partial charge is 0.317 e. The van der Waals surface area contributed by atoms with Gasteiger partial charge in [-0.05, 0) is 38.9 Å². The largest absolute Gasteiger partial charge is 0.393 e. The second kappa shape index (κ2) is 9.04. The summed E-state index contributed by atoms with van der Waals surface area (Å²) in [7, 11) is 5.89. The Morgan fingerprint density at radius 3 is 2.54 bits per heavy atom. The van der Waals surface area contributed by atoms with E-state index in [1.54, 1.807) is 4.90 Å². The molecule has 0 saturated heterocycles. The van der Waals surface area contributed by atoms with Crippen LogP contribution >= 0.6 is 0 Å². The van der Waals surface area contributed by atoms with Crippen molar-refractivity contribution in [1.29, 1.82) is 0 Å². The summed E-state index contributed by atoms with van der Waals surface area (Å²) in [6.45, 7) is 1.23. The van der Waals surface area contributed by atoms with Crippen LogP contribution in [0.2, 0.25) is 0 Å². The number of carbonyl (C=O) groups is 1. The van der Waals surface area contributed by atoms with Crippen molar-refractivity contribution >= 4 is 6.03 Å². The molecular weight excluding hydrogens is 302 g/mol. The van der Waals surface area contributed by atoms with Crippen LogP contribution in [0.3, 0.4) is 0 Å². The van der Waals surface area contributed by atoms with Crippen molar-refractivity contribution in [3.8, 4) is 0 Å². The van der Waals surface area contributed by atoms with Crippen LogP contribution < -0.4 is 5.32 Å². The minimum Gasteiger partial charge on any atom is -0.393 e. The van der Waals surface area contributed by atoms with E-state index in [1.165, 1.54) is 5.56 Å². The molecule has 5 heteroatoms. The fraction of sp³-hybridized carbons (Fsp3) is 0.632. The lowest BCUT2D eigenvalue weighted by molar-refractivity contribution is 0.113. The Labute approximate surface area is 145 Å². The lowest BCUT2D eigenvalue weighted by atomic mass is 10.1. The minimum atomic E-state index is -0.257. The molecule has 5 nitrogen and oxygen atoms in total. The molecular formula is C19H31N3O2. The van der Waals surface area contributed by atoms with Gasteiger partial charge in [0.15, 0.2) is 0 Å².